The number of carbonyl (C=O) groups excluding carboxylic acids is 2. The van der Waals surface area contributed by atoms with Gasteiger partial charge in [0.05, 0.1) is 57.4 Å². The van der Waals surface area contributed by atoms with Crippen LogP contribution in [-0.4, -0.2) is 91.3 Å². The summed E-state index contributed by atoms with van der Waals surface area (Å²) in [6.07, 6.45) is -8.43. The molecule has 3 saturated heterocycles. The van der Waals surface area contributed by atoms with Crippen LogP contribution >= 0.6 is 0 Å². The standard InChI is InChI=1S/C57H57NO12/c1-37-47(62-32-38-18-8-4-9-19-38)49(63-33-39-20-10-5-11-21-39)50(64-34-40-22-12-6-13-23-40)56(67-37)68-48-46(58-52(59)44-26-16-17-27-45(44)53(58)60)55(65-35-41-28-30-43(61-3)31-29-41)70-57(2)36-66-54(69-51(48)57)42-24-14-7-15-25-42/h4-31,37,46-51,54-56H,32-36H2,1-3H3/t37?,46?,47-,48?,49?,50?,51+,54?,55-,56+,57?/m1/s1. The molecule has 7 unspecified atom stereocenters. The molecule has 13 nitrogen and oxygen atoms in total. The van der Waals surface area contributed by atoms with E-state index < -0.39 is 79.0 Å². The van der Waals surface area contributed by atoms with E-state index in [4.69, 9.17) is 47.4 Å². The monoisotopic (exact) mass is 947 g/mol. The first-order chi connectivity index (χ1) is 34.3. The molecule has 4 aliphatic rings. The molecule has 0 aliphatic carbocycles. The number of nitrogens with zero attached hydrogens (tertiary/aromatic N) is 1. The summed E-state index contributed by atoms with van der Waals surface area (Å²) in [7, 11) is 1.60. The van der Waals surface area contributed by atoms with Crippen molar-refractivity contribution in [1.82, 2.24) is 4.90 Å². The fourth-order valence-electron chi connectivity index (χ4n) is 9.68. The predicted molar refractivity (Wildman–Crippen MR) is 256 cm³/mol. The van der Waals surface area contributed by atoms with Gasteiger partial charge in [-0.1, -0.05) is 146 Å². The minimum atomic E-state index is -1.26. The molecule has 70 heavy (non-hydrogen) atoms. The van der Waals surface area contributed by atoms with Gasteiger partial charge in [0.1, 0.15) is 47.9 Å². The number of hydrogen-bond acceptors (Lipinski definition) is 12. The molecule has 0 aromatic heterocycles. The number of ether oxygens (including phenoxy) is 10. The Hall–Kier alpha value is -6.10. The summed E-state index contributed by atoms with van der Waals surface area (Å²) < 4.78 is 67.7. The molecule has 6 aromatic carbocycles. The summed E-state index contributed by atoms with van der Waals surface area (Å²) in [4.78, 5) is 30.8. The largest absolute Gasteiger partial charge is 0.497 e. The Morgan fingerprint density at radius 2 is 1.03 bits per heavy atom. The number of amides is 2. The van der Waals surface area contributed by atoms with E-state index in [1.54, 1.807) is 31.4 Å². The van der Waals surface area contributed by atoms with E-state index in [2.05, 4.69) is 0 Å². The van der Waals surface area contributed by atoms with Gasteiger partial charge in [-0.05, 0) is 60.4 Å². The maximum Gasteiger partial charge on any atom is 0.262 e. The minimum absolute atomic E-state index is 0.0440. The molecule has 4 aliphatic heterocycles. The lowest BCUT2D eigenvalue weighted by atomic mass is 9.85. The van der Waals surface area contributed by atoms with E-state index >= 15 is 0 Å². The number of carbonyl (C=O) groups is 2. The summed E-state index contributed by atoms with van der Waals surface area (Å²) in [6.45, 7) is 4.57. The highest BCUT2D eigenvalue weighted by molar-refractivity contribution is 6.21. The molecule has 13 heteroatoms. The second-order valence-electron chi connectivity index (χ2n) is 18.2. The normalized spacial score (nSPS) is 28.5. The summed E-state index contributed by atoms with van der Waals surface area (Å²) in [6, 6.07) is 52.2. The molecule has 6 aromatic rings. The van der Waals surface area contributed by atoms with Gasteiger partial charge in [0.2, 0.25) is 0 Å². The lowest BCUT2D eigenvalue weighted by Gasteiger charge is -2.56. The van der Waals surface area contributed by atoms with Crippen LogP contribution in [0, 0.1) is 0 Å². The number of fused-ring (bicyclic) bond motifs is 2. The van der Waals surface area contributed by atoms with Crippen LogP contribution in [0.3, 0.4) is 0 Å². The van der Waals surface area contributed by atoms with E-state index in [0.29, 0.717) is 5.75 Å². The summed E-state index contributed by atoms with van der Waals surface area (Å²) in [5, 5.41) is 0. The second kappa shape index (κ2) is 21.5. The Morgan fingerprint density at radius 3 is 1.59 bits per heavy atom. The van der Waals surface area contributed by atoms with Gasteiger partial charge in [0.25, 0.3) is 11.8 Å². The fraction of sp³-hybridized carbons (Fsp3) is 0.333. The quantitative estimate of drug-likeness (QED) is 0.0810. The van der Waals surface area contributed by atoms with Crippen LogP contribution < -0.4 is 4.74 Å². The number of hydrogen-bond donors (Lipinski definition) is 0. The zero-order valence-corrected chi connectivity index (χ0v) is 39.3. The molecule has 362 valence electrons. The van der Waals surface area contributed by atoms with Gasteiger partial charge in [-0.25, -0.2) is 0 Å². The van der Waals surface area contributed by atoms with Gasteiger partial charge in [0, 0.05) is 5.56 Å². The third-order valence-corrected chi connectivity index (χ3v) is 13.3. The zero-order valence-electron chi connectivity index (χ0n) is 39.3. The lowest BCUT2D eigenvalue weighted by Crippen LogP contribution is -2.73. The highest BCUT2D eigenvalue weighted by Crippen LogP contribution is 2.46. The van der Waals surface area contributed by atoms with Crippen molar-refractivity contribution in [2.24, 2.45) is 0 Å². The Balaban J connectivity index is 1.07. The van der Waals surface area contributed by atoms with Crippen LogP contribution in [0.5, 0.6) is 5.75 Å². The molecule has 0 saturated carbocycles. The minimum Gasteiger partial charge on any atom is -0.497 e. The lowest BCUT2D eigenvalue weighted by molar-refractivity contribution is -0.408. The van der Waals surface area contributed by atoms with Crippen molar-refractivity contribution in [2.45, 2.75) is 107 Å². The zero-order chi connectivity index (χ0) is 48.0. The Labute approximate surface area is 408 Å². The summed E-state index contributed by atoms with van der Waals surface area (Å²) in [5.74, 6) is -0.367. The van der Waals surface area contributed by atoms with Crippen LogP contribution in [0.4, 0.5) is 0 Å². The fourth-order valence-corrected chi connectivity index (χ4v) is 9.68. The van der Waals surface area contributed by atoms with Crippen LogP contribution in [0.15, 0.2) is 170 Å². The van der Waals surface area contributed by atoms with Gasteiger partial charge in [-0.15, -0.1) is 0 Å². The number of imide groups is 1. The maximum atomic E-state index is 14.8. The van der Waals surface area contributed by atoms with Gasteiger partial charge in [-0.2, -0.15) is 0 Å². The molecule has 0 N–H and O–H groups in total. The van der Waals surface area contributed by atoms with Gasteiger partial charge < -0.3 is 47.4 Å². The van der Waals surface area contributed by atoms with E-state index in [1.165, 1.54) is 4.90 Å². The van der Waals surface area contributed by atoms with E-state index in [0.717, 1.165) is 27.8 Å². The third kappa shape index (κ3) is 10.2. The van der Waals surface area contributed by atoms with Crippen molar-refractivity contribution in [1.29, 1.82) is 0 Å². The first kappa shape index (κ1) is 47.6. The van der Waals surface area contributed by atoms with Crippen molar-refractivity contribution in [3.8, 4) is 5.75 Å². The van der Waals surface area contributed by atoms with Gasteiger partial charge in [-0.3, -0.25) is 14.5 Å². The van der Waals surface area contributed by atoms with Crippen LogP contribution in [0.1, 0.15) is 68.7 Å². The number of rotatable bonds is 17. The van der Waals surface area contributed by atoms with Gasteiger partial charge >= 0.3 is 0 Å². The first-order valence-corrected chi connectivity index (χ1v) is 23.7. The molecular formula is C57H57NO12. The van der Waals surface area contributed by atoms with Crippen LogP contribution in [0.25, 0.3) is 0 Å². The second-order valence-corrected chi connectivity index (χ2v) is 18.2. The molecule has 0 radical (unpaired) electrons. The Morgan fingerprint density at radius 1 is 0.543 bits per heavy atom. The summed E-state index contributed by atoms with van der Waals surface area (Å²) >= 11 is 0. The smallest absolute Gasteiger partial charge is 0.262 e. The predicted octanol–water partition coefficient (Wildman–Crippen LogP) is 8.99. The molecule has 0 spiro atoms. The molecule has 2 amide bonds. The Kier molecular flexibility index (Phi) is 14.6. The van der Waals surface area contributed by atoms with E-state index in [-0.39, 0.29) is 44.2 Å². The molecule has 11 atom stereocenters. The highest BCUT2D eigenvalue weighted by Gasteiger charge is 2.63. The average molecular weight is 948 g/mol. The van der Waals surface area contributed by atoms with Crippen LogP contribution in [-0.2, 0) is 69.1 Å². The molecular weight excluding hydrogens is 891 g/mol. The number of methoxy groups -OCH3 is 1. The molecule has 4 heterocycles. The molecule has 10 rings (SSSR count). The summed E-state index contributed by atoms with van der Waals surface area (Å²) in [5.41, 5.74) is 3.66. The highest BCUT2D eigenvalue weighted by atomic mass is 16.8. The third-order valence-electron chi connectivity index (χ3n) is 13.3. The average Bonchev–Trinajstić information content (AvgIpc) is 3.65. The van der Waals surface area contributed by atoms with Gasteiger partial charge in [0.15, 0.2) is 18.9 Å². The van der Waals surface area contributed by atoms with Crippen molar-refractivity contribution in [2.75, 3.05) is 13.7 Å². The SMILES string of the molecule is COc1ccc(CO[C@@H]2OC3(C)COC(c4ccccc4)O[C@H]3C(O[C@@H]3OC(C)[C@@H](OCc4ccccc4)C(OCc4ccccc4)C3OCc3ccccc3)C2N2C(=O)c3ccccc3C2=O)cc1. The first-order valence-electron chi connectivity index (χ1n) is 23.7. The maximum absolute atomic E-state index is 14.8. The van der Waals surface area contributed by atoms with Crippen molar-refractivity contribution >= 4 is 11.8 Å². The topological polar surface area (TPSA) is 130 Å². The molecule has 3 fully saturated rings. The van der Waals surface area contributed by atoms with Crippen molar-refractivity contribution in [3.63, 3.8) is 0 Å². The van der Waals surface area contributed by atoms with Crippen LogP contribution in [0.2, 0.25) is 0 Å². The molecule has 0 bridgehead atoms. The number of benzene rings is 6. The van der Waals surface area contributed by atoms with Crippen molar-refractivity contribution in [3.05, 3.63) is 209 Å². The van der Waals surface area contributed by atoms with Crippen molar-refractivity contribution < 1.29 is 57.0 Å². The Bertz CT molecular complexity index is 2620. The van der Waals surface area contributed by atoms with E-state index in [9.17, 15) is 9.59 Å². The van der Waals surface area contributed by atoms with E-state index in [1.807, 2.05) is 159 Å².